The van der Waals surface area contributed by atoms with Crippen molar-refractivity contribution in [3.63, 3.8) is 0 Å². The molecule has 0 amide bonds. The predicted molar refractivity (Wildman–Crippen MR) is 59.2 cm³/mol. The highest BCUT2D eigenvalue weighted by molar-refractivity contribution is 6.30. The predicted octanol–water partition coefficient (Wildman–Crippen LogP) is 3.00. The molecule has 0 saturated carbocycles. The fraction of sp³-hybridized carbons (Fsp3) is 0.455. The Morgan fingerprint density at radius 1 is 1.47 bits per heavy atom. The van der Waals surface area contributed by atoms with Crippen LogP contribution in [0.1, 0.15) is 36.7 Å². The summed E-state index contributed by atoms with van der Waals surface area (Å²) in [6, 6.07) is 1.67. The van der Waals surface area contributed by atoms with Gasteiger partial charge in [0.1, 0.15) is 10.8 Å². The molecule has 0 radical (unpaired) electrons. The maximum absolute atomic E-state index is 11.6. The number of rotatable bonds is 1. The van der Waals surface area contributed by atoms with Gasteiger partial charge in [-0.25, -0.2) is 9.78 Å². The van der Waals surface area contributed by atoms with Crippen LogP contribution in [0.15, 0.2) is 12.3 Å². The van der Waals surface area contributed by atoms with E-state index in [4.69, 9.17) is 16.3 Å². The van der Waals surface area contributed by atoms with Crippen LogP contribution in [0.5, 0.6) is 0 Å². The standard InChI is InChI=1S/C11H14ClNO2/c1-7-5-8(6-13-9(7)12)10(14)15-11(2,3)4/h5-6H,1-4H3. The number of esters is 1. The molecule has 4 heteroatoms. The molecule has 0 N–H and O–H groups in total. The largest absolute Gasteiger partial charge is 0.456 e. The van der Waals surface area contributed by atoms with Gasteiger partial charge in [0.2, 0.25) is 0 Å². The van der Waals surface area contributed by atoms with E-state index in [-0.39, 0.29) is 5.97 Å². The fourth-order valence-corrected chi connectivity index (χ4v) is 1.11. The highest BCUT2D eigenvalue weighted by Crippen LogP contribution is 2.16. The highest BCUT2D eigenvalue weighted by Gasteiger charge is 2.18. The number of carbonyl (C=O) groups is 1. The summed E-state index contributed by atoms with van der Waals surface area (Å²) in [7, 11) is 0. The minimum atomic E-state index is -0.495. The van der Waals surface area contributed by atoms with Gasteiger partial charge >= 0.3 is 5.97 Å². The number of carbonyl (C=O) groups excluding carboxylic acids is 1. The summed E-state index contributed by atoms with van der Waals surface area (Å²) in [4.78, 5) is 15.5. The Labute approximate surface area is 94.4 Å². The summed E-state index contributed by atoms with van der Waals surface area (Å²) in [5, 5.41) is 0.405. The van der Waals surface area contributed by atoms with Crippen molar-refractivity contribution in [2.75, 3.05) is 0 Å². The molecule has 1 heterocycles. The summed E-state index contributed by atoms with van der Waals surface area (Å²) in [6.07, 6.45) is 1.42. The second-order valence-electron chi connectivity index (χ2n) is 4.33. The van der Waals surface area contributed by atoms with Crippen molar-refractivity contribution < 1.29 is 9.53 Å². The zero-order valence-corrected chi connectivity index (χ0v) is 10.1. The van der Waals surface area contributed by atoms with Crippen molar-refractivity contribution in [1.29, 1.82) is 0 Å². The summed E-state index contributed by atoms with van der Waals surface area (Å²) >= 11 is 5.76. The van der Waals surface area contributed by atoms with Crippen molar-refractivity contribution in [2.24, 2.45) is 0 Å². The molecule has 0 bridgehead atoms. The van der Waals surface area contributed by atoms with Crippen molar-refractivity contribution in [1.82, 2.24) is 4.98 Å². The van der Waals surface area contributed by atoms with Crippen molar-refractivity contribution in [2.45, 2.75) is 33.3 Å². The number of pyridine rings is 1. The molecule has 0 unspecified atom stereocenters. The average molecular weight is 228 g/mol. The number of halogens is 1. The van der Waals surface area contributed by atoms with Crippen LogP contribution < -0.4 is 0 Å². The Bertz CT molecular complexity index is 383. The summed E-state index contributed by atoms with van der Waals surface area (Å²) in [5.41, 5.74) is 0.691. The van der Waals surface area contributed by atoms with E-state index in [9.17, 15) is 4.79 Å². The maximum atomic E-state index is 11.6. The van der Waals surface area contributed by atoms with E-state index in [0.717, 1.165) is 5.56 Å². The summed E-state index contributed by atoms with van der Waals surface area (Å²) in [5.74, 6) is -0.380. The van der Waals surface area contributed by atoms with Crippen LogP contribution in [-0.4, -0.2) is 16.6 Å². The van der Waals surface area contributed by atoms with E-state index in [2.05, 4.69) is 4.98 Å². The molecule has 0 saturated heterocycles. The Balaban J connectivity index is 2.88. The van der Waals surface area contributed by atoms with Gasteiger partial charge in [-0.3, -0.25) is 0 Å². The van der Waals surface area contributed by atoms with Gasteiger partial charge in [-0.15, -0.1) is 0 Å². The molecule has 0 spiro atoms. The molecule has 1 rings (SSSR count). The third kappa shape index (κ3) is 3.51. The van der Waals surface area contributed by atoms with E-state index in [1.54, 1.807) is 13.0 Å². The lowest BCUT2D eigenvalue weighted by Crippen LogP contribution is -2.24. The van der Waals surface area contributed by atoms with Gasteiger partial charge < -0.3 is 4.74 Å². The topological polar surface area (TPSA) is 39.2 Å². The molecule has 1 aromatic rings. The van der Waals surface area contributed by atoms with Crippen LogP contribution in [-0.2, 0) is 4.74 Å². The molecular formula is C11H14ClNO2. The average Bonchev–Trinajstić information content (AvgIpc) is 2.06. The van der Waals surface area contributed by atoms with Crippen LogP contribution in [0.2, 0.25) is 5.15 Å². The Kier molecular flexibility index (Phi) is 3.35. The lowest BCUT2D eigenvalue weighted by molar-refractivity contribution is 0.00690. The number of aromatic nitrogens is 1. The zero-order chi connectivity index (χ0) is 11.6. The molecule has 0 atom stereocenters. The monoisotopic (exact) mass is 227 g/mol. The minimum absolute atomic E-state index is 0.380. The van der Waals surface area contributed by atoms with Crippen molar-refractivity contribution >= 4 is 17.6 Å². The van der Waals surface area contributed by atoms with Crippen molar-refractivity contribution in [3.8, 4) is 0 Å². The molecule has 0 aliphatic rings. The summed E-state index contributed by atoms with van der Waals surface area (Å²) in [6.45, 7) is 7.26. The number of hydrogen-bond acceptors (Lipinski definition) is 3. The number of nitrogens with zero attached hydrogens (tertiary/aromatic N) is 1. The number of aryl methyl sites for hydroxylation is 1. The molecule has 3 nitrogen and oxygen atoms in total. The lowest BCUT2D eigenvalue weighted by atomic mass is 10.2. The molecule has 82 valence electrons. The quantitative estimate of drug-likeness (QED) is 0.547. The van der Waals surface area contributed by atoms with Gasteiger partial charge in [0.05, 0.1) is 5.56 Å². The molecular weight excluding hydrogens is 214 g/mol. The van der Waals surface area contributed by atoms with Crippen LogP contribution in [0.25, 0.3) is 0 Å². The SMILES string of the molecule is Cc1cc(C(=O)OC(C)(C)C)cnc1Cl. The number of hydrogen-bond donors (Lipinski definition) is 0. The van der Waals surface area contributed by atoms with Gasteiger partial charge in [0.15, 0.2) is 0 Å². The Hall–Kier alpha value is -1.09. The lowest BCUT2D eigenvalue weighted by Gasteiger charge is -2.19. The molecule has 1 aromatic heterocycles. The Morgan fingerprint density at radius 2 is 2.07 bits per heavy atom. The van der Waals surface area contributed by atoms with E-state index in [1.165, 1.54) is 6.20 Å². The molecule has 0 aliphatic carbocycles. The zero-order valence-electron chi connectivity index (χ0n) is 9.30. The van der Waals surface area contributed by atoms with Crippen LogP contribution >= 0.6 is 11.6 Å². The second kappa shape index (κ2) is 4.19. The Morgan fingerprint density at radius 3 is 2.53 bits per heavy atom. The number of ether oxygens (including phenoxy) is 1. The molecule has 0 aliphatic heterocycles. The first-order valence-corrected chi connectivity index (χ1v) is 5.03. The van der Waals surface area contributed by atoms with Crippen LogP contribution in [0.4, 0.5) is 0 Å². The van der Waals surface area contributed by atoms with E-state index in [1.807, 2.05) is 20.8 Å². The van der Waals surface area contributed by atoms with E-state index >= 15 is 0 Å². The van der Waals surface area contributed by atoms with Crippen molar-refractivity contribution in [3.05, 3.63) is 28.5 Å². The molecule has 0 aromatic carbocycles. The van der Waals surface area contributed by atoms with Gasteiger partial charge in [-0.2, -0.15) is 0 Å². The third-order valence-corrected chi connectivity index (χ3v) is 2.04. The maximum Gasteiger partial charge on any atom is 0.340 e. The smallest absolute Gasteiger partial charge is 0.340 e. The fourth-order valence-electron chi connectivity index (χ4n) is 1.01. The van der Waals surface area contributed by atoms with E-state index in [0.29, 0.717) is 10.7 Å². The normalized spacial score (nSPS) is 11.3. The highest BCUT2D eigenvalue weighted by atomic mass is 35.5. The van der Waals surface area contributed by atoms with Crippen LogP contribution in [0.3, 0.4) is 0 Å². The first kappa shape index (κ1) is 12.0. The second-order valence-corrected chi connectivity index (χ2v) is 4.69. The van der Waals surface area contributed by atoms with Crippen LogP contribution in [0, 0.1) is 6.92 Å². The van der Waals surface area contributed by atoms with E-state index < -0.39 is 5.60 Å². The van der Waals surface area contributed by atoms with Gasteiger partial charge in [0, 0.05) is 6.20 Å². The molecule has 0 fully saturated rings. The van der Waals surface area contributed by atoms with Gasteiger partial charge in [-0.05, 0) is 39.3 Å². The minimum Gasteiger partial charge on any atom is -0.456 e. The van der Waals surface area contributed by atoms with Gasteiger partial charge in [-0.1, -0.05) is 11.6 Å². The first-order valence-electron chi connectivity index (χ1n) is 4.65. The summed E-state index contributed by atoms with van der Waals surface area (Å²) < 4.78 is 5.20. The molecule has 15 heavy (non-hydrogen) atoms. The third-order valence-electron chi connectivity index (χ3n) is 1.65. The first-order chi connectivity index (χ1) is 6.79. The van der Waals surface area contributed by atoms with Gasteiger partial charge in [0.25, 0.3) is 0 Å².